The summed E-state index contributed by atoms with van der Waals surface area (Å²) in [5.41, 5.74) is 5.90. The van der Waals surface area contributed by atoms with Gasteiger partial charge in [-0.15, -0.1) is 0 Å². The summed E-state index contributed by atoms with van der Waals surface area (Å²) >= 11 is 11.9. The molecule has 0 radical (unpaired) electrons. The lowest BCUT2D eigenvalue weighted by Gasteiger charge is -2.32. The molecule has 0 bridgehead atoms. The lowest BCUT2D eigenvalue weighted by Crippen LogP contribution is -2.43. The van der Waals surface area contributed by atoms with Gasteiger partial charge in [-0.05, 0) is 18.9 Å². The number of aromatic nitrogens is 1. The molecule has 3 nitrogen and oxygen atoms in total. The van der Waals surface area contributed by atoms with Crippen LogP contribution in [0.4, 0.5) is 5.82 Å². The minimum absolute atomic E-state index is 0.215. The van der Waals surface area contributed by atoms with Crippen molar-refractivity contribution in [3.8, 4) is 0 Å². The number of anilines is 1. The quantitative estimate of drug-likeness (QED) is 0.826. The molecule has 82 valence electrons. The standard InChI is InChI=1S/C10H13Cl2N3/c11-7-4-9(12)10(14-5-7)15-3-1-2-8(13)6-15/h4-5,8H,1-3,6,13H2. The molecule has 1 saturated heterocycles. The van der Waals surface area contributed by atoms with Crippen LogP contribution in [0.15, 0.2) is 12.3 Å². The average molecular weight is 246 g/mol. The number of halogens is 2. The third kappa shape index (κ3) is 2.54. The minimum Gasteiger partial charge on any atom is -0.354 e. The van der Waals surface area contributed by atoms with Gasteiger partial charge in [0.1, 0.15) is 5.82 Å². The summed E-state index contributed by atoms with van der Waals surface area (Å²) in [5, 5.41) is 1.15. The summed E-state index contributed by atoms with van der Waals surface area (Å²) in [5.74, 6) is 0.788. The Morgan fingerprint density at radius 3 is 2.93 bits per heavy atom. The maximum atomic E-state index is 6.08. The first-order valence-electron chi connectivity index (χ1n) is 4.98. The van der Waals surface area contributed by atoms with Crippen LogP contribution in [-0.4, -0.2) is 24.1 Å². The van der Waals surface area contributed by atoms with Crippen LogP contribution >= 0.6 is 23.2 Å². The number of pyridine rings is 1. The number of nitrogens with zero attached hydrogens (tertiary/aromatic N) is 2. The fraction of sp³-hybridized carbons (Fsp3) is 0.500. The van der Waals surface area contributed by atoms with Crippen LogP contribution in [0, 0.1) is 0 Å². The second-order valence-electron chi connectivity index (χ2n) is 3.81. The molecule has 0 aromatic carbocycles. The summed E-state index contributed by atoms with van der Waals surface area (Å²) < 4.78 is 0. The van der Waals surface area contributed by atoms with Crippen LogP contribution in [-0.2, 0) is 0 Å². The predicted octanol–water partition coefficient (Wildman–Crippen LogP) is 2.32. The minimum atomic E-state index is 0.215. The van der Waals surface area contributed by atoms with Gasteiger partial charge in [0.05, 0.1) is 10.0 Å². The Labute approximate surface area is 99.2 Å². The van der Waals surface area contributed by atoms with Crippen LogP contribution in [0.5, 0.6) is 0 Å². The summed E-state index contributed by atoms with van der Waals surface area (Å²) in [6.45, 7) is 1.77. The predicted molar refractivity (Wildman–Crippen MR) is 63.7 cm³/mol. The molecule has 1 unspecified atom stereocenters. The number of hydrogen-bond acceptors (Lipinski definition) is 3. The van der Waals surface area contributed by atoms with Crippen molar-refractivity contribution in [2.75, 3.05) is 18.0 Å². The molecule has 15 heavy (non-hydrogen) atoms. The zero-order chi connectivity index (χ0) is 10.8. The van der Waals surface area contributed by atoms with E-state index in [0.717, 1.165) is 31.7 Å². The molecule has 5 heteroatoms. The monoisotopic (exact) mass is 245 g/mol. The Balaban J connectivity index is 2.21. The van der Waals surface area contributed by atoms with Gasteiger partial charge in [-0.2, -0.15) is 0 Å². The number of rotatable bonds is 1. The fourth-order valence-corrected chi connectivity index (χ4v) is 2.34. The van der Waals surface area contributed by atoms with Gasteiger partial charge in [0.15, 0.2) is 0 Å². The van der Waals surface area contributed by atoms with E-state index in [1.165, 1.54) is 0 Å². The summed E-state index contributed by atoms with van der Waals surface area (Å²) in [6.07, 6.45) is 3.77. The Morgan fingerprint density at radius 2 is 2.27 bits per heavy atom. The molecule has 1 aromatic rings. The Hall–Kier alpha value is -0.510. The first-order valence-corrected chi connectivity index (χ1v) is 5.74. The zero-order valence-corrected chi connectivity index (χ0v) is 9.80. The maximum Gasteiger partial charge on any atom is 0.147 e. The van der Waals surface area contributed by atoms with E-state index in [0.29, 0.717) is 10.0 Å². The van der Waals surface area contributed by atoms with Crippen molar-refractivity contribution in [2.24, 2.45) is 5.73 Å². The van der Waals surface area contributed by atoms with Crippen molar-refractivity contribution in [2.45, 2.75) is 18.9 Å². The SMILES string of the molecule is NC1CCCN(c2ncc(Cl)cc2Cl)C1. The van der Waals surface area contributed by atoms with Crippen molar-refractivity contribution in [3.05, 3.63) is 22.3 Å². The molecule has 1 atom stereocenters. The summed E-state index contributed by atoms with van der Waals surface area (Å²) in [7, 11) is 0. The van der Waals surface area contributed by atoms with Crippen molar-refractivity contribution >= 4 is 29.0 Å². The van der Waals surface area contributed by atoms with Crippen LogP contribution in [0.25, 0.3) is 0 Å². The van der Waals surface area contributed by atoms with Crippen LogP contribution in [0.1, 0.15) is 12.8 Å². The normalized spacial score (nSPS) is 21.8. The number of nitrogens with two attached hydrogens (primary N) is 1. The molecule has 1 aromatic heterocycles. The first kappa shape index (κ1) is 11.0. The van der Waals surface area contributed by atoms with Crippen LogP contribution < -0.4 is 10.6 Å². The molecule has 2 heterocycles. The highest BCUT2D eigenvalue weighted by Crippen LogP contribution is 2.27. The van der Waals surface area contributed by atoms with E-state index in [4.69, 9.17) is 28.9 Å². The highest BCUT2D eigenvalue weighted by atomic mass is 35.5. The lowest BCUT2D eigenvalue weighted by atomic mass is 10.1. The molecule has 2 rings (SSSR count). The maximum absolute atomic E-state index is 6.08. The highest BCUT2D eigenvalue weighted by molar-refractivity contribution is 6.36. The summed E-state index contributed by atoms with van der Waals surface area (Å²) in [4.78, 5) is 6.36. The van der Waals surface area contributed by atoms with Gasteiger partial charge in [-0.25, -0.2) is 4.98 Å². The molecule has 0 spiro atoms. The Kier molecular flexibility index (Phi) is 3.34. The van der Waals surface area contributed by atoms with Crippen molar-refractivity contribution in [1.82, 2.24) is 4.98 Å². The third-order valence-electron chi connectivity index (χ3n) is 2.55. The van der Waals surface area contributed by atoms with E-state index < -0.39 is 0 Å². The van der Waals surface area contributed by atoms with E-state index in [1.54, 1.807) is 12.3 Å². The number of piperidine rings is 1. The molecular weight excluding hydrogens is 233 g/mol. The van der Waals surface area contributed by atoms with E-state index in [9.17, 15) is 0 Å². The average Bonchev–Trinajstić information content (AvgIpc) is 2.17. The molecule has 0 amide bonds. The second-order valence-corrected chi connectivity index (χ2v) is 4.65. The van der Waals surface area contributed by atoms with Gasteiger partial charge >= 0.3 is 0 Å². The topological polar surface area (TPSA) is 42.1 Å². The van der Waals surface area contributed by atoms with Crippen LogP contribution in [0.2, 0.25) is 10.0 Å². The number of hydrogen-bond donors (Lipinski definition) is 1. The molecule has 1 fully saturated rings. The van der Waals surface area contributed by atoms with Crippen LogP contribution in [0.3, 0.4) is 0 Å². The largest absolute Gasteiger partial charge is 0.354 e. The Bertz CT molecular complexity index is 357. The summed E-state index contributed by atoms with van der Waals surface area (Å²) in [6, 6.07) is 1.93. The molecule has 2 N–H and O–H groups in total. The Morgan fingerprint density at radius 1 is 1.47 bits per heavy atom. The smallest absolute Gasteiger partial charge is 0.147 e. The fourth-order valence-electron chi connectivity index (χ4n) is 1.84. The van der Waals surface area contributed by atoms with E-state index in [2.05, 4.69) is 9.88 Å². The molecule has 1 aliphatic heterocycles. The van der Waals surface area contributed by atoms with E-state index >= 15 is 0 Å². The van der Waals surface area contributed by atoms with Gasteiger partial charge in [0.2, 0.25) is 0 Å². The molecule has 0 aliphatic carbocycles. The molecule has 1 aliphatic rings. The van der Waals surface area contributed by atoms with Gasteiger partial charge in [-0.1, -0.05) is 23.2 Å². The zero-order valence-electron chi connectivity index (χ0n) is 8.29. The van der Waals surface area contributed by atoms with E-state index in [1.807, 2.05) is 0 Å². The van der Waals surface area contributed by atoms with Gasteiger partial charge in [0, 0.05) is 25.3 Å². The van der Waals surface area contributed by atoms with Crippen molar-refractivity contribution in [3.63, 3.8) is 0 Å². The third-order valence-corrected chi connectivity index (χ3v) is 3.03. The van der Waals surface area contributed by atoms with Crippen molar-refractivity contribution < 1.29 is 0 Å². The highest BCUT2D eigenvalue weighted by Gasteiger charge is 2.19. The molecular formula is C10H13Cl2N3. The lowest BCUT2D eigenvalue weighted by molar-refractivity contribution is 0.503. The van der Waals surface area contributed by atoms with Gasteiger partial charge in [-0.3, -0.25) is 0 Å². The molecule has 0 saturated carbocycles. The van der Waals surface area contributed by atoms with Crippen molar-refractivity contribution in [1.29, 1.82) is 0 Å². The van der Waals surface area contributed by atoms with Gasteiger partial charge in [0.25, 0.3) is 0 Å². The first-order chi connectivity index (χ1) is 7.16. The second kappa shape index (κ2) is 4.56. The van der Waals surface area contributed by atoms with E-state index in [-0.39, 0.29) is 6.04 Å². The van der Waals surface area contributed by atoms with Gasteiger partial charge < -0.3 is 10.6 Å².